The number of carbonyl (C=O) groups excluding carboxylic acids is 4. The largest absolute Gasteiger partial charge is 0.457 e. The van der Waals surface area contributed by atoms with Crippen molar-refractivity contribution >= 4 is 23.9 Å². The monoisotopic (exact) mass is 795 g/mol. The molecule has 0 spiro atoms. The Labute approximate surface area is 345 Å². The average molecular weight is 795 g/mol. The fraction of sp³-hybridized carbons (Fsp3) is 0.917. The van der Waals surface area contributed by atoms with Gasteiger partial charge >= 0.3 is 23.9 Å². The van der Waals surface area contributed by atoms with Gasteiger partial charge in [-0.25, -0.2) is 9.59 Å². The molecule has 0 fully saturated rings. The Bertz CT molecular complexity index is 901. The lowest BCUT2D eigenvalue weighted by Gasteiger charge is -2.29. The van der Waals surface area contributed by atoms with Crippen LogP contribution in [0.4, 0.5) is 0 Å². The van der Waals surface area contributed by atoms with Gasteiger partial charge in [-0.3, -0.25) is 9.59 Å². The van der Waals surface area contributed by atoms with Crippen molar-refractivity contribution in [1.82, 2.24) is 0 Å². The minimum absolute atomic E-state index is 0.0890. The lowest BCUT2D eigenvalue weighted by Crippen LogP contribution is -2.50. The minimum atomic E-state index is -1.77. The molecule has 0 saturated carbocycles. The lowest BCUT2D eigenvalue weighted by molar-refractivity contribution is -0.200. The van der Waals surface area contributed by atoms with Crippen LogP contribution in [0.5, 0.6) is 0 Å². The van der Waals surface area contributed by atoms with Crippen LogP contribution in [0.1, 0.15) is 261 Å². The fourth-order valence-electron chi connectivity index (χ4n) is 6.87. The van der Waals surface area contributed by atoms with Crippen molar-refractivity contribution in [3.8, 4) is 0 Å². The molecule has 0 aliphatic heterocycles. The molecule has 0 radical (unpaired) electrons. The van der Waals surface area contributed by atoms with Crippen molar-refractivity contribution in [3.63, 3.8) is 0 Å². The first-order valence-corrected chi connectivity index (χ1v) is 23.5. The first kappa shape index (κ1) is 53.9. The van der Waals surface area contributed by atoms with E-state index in [2.05, 4.69) is 13.8 Å². The summed E-state index contributed by atoms with van der Waals surface area (Å²) in [5.41, 5.74) is -1.85. The summed E-state index contributed by atoms with van der Waals surface area (Å²) in [7, 11) is 0. The number of rotatable bonds is 37. The van der Waals surface area contributed by atoms with Gasteiger partial charge in [-0.05, 0) is 54.4 Å². The predicted octanol–water partition coefficient (Wildman–Crippen LogP) is 14.0. The number of esters is 4. The number of ether oxygens (including phenoxy) is 4. The van der Waals surface area contributed by atoms with Crippen molar-refractivity contribution in [3.05, 3.63) is 0 Å². The normalized spacial score (nSPS) is 12.9. The second-order valence-electron chi connectivity index (χ2n) is 18.3. The van der Waals surface area contributed by atoms with Gasteiger partial charge in [0.05, 0.1) is 0 Å². The van der Waals surface area contributed by atoms with E-state index in [9.17, 15) is 19.2 Å². The third-order valence-electron chi connectivity index (χ3n) is 10.0. The molecule has 0 aromatic carbocycles. The first-order chi connectivity index (χ1) is 26.7. The van der Waals surface area contributed by atoms with Crippen LogP contribution in [-0.2, 0) is 38.1 Å². The van der Waals surface area contributed by atoms with Gasteiger partial charge in [-0.2, -0.15) is 0 Å². The highest BCUT2D eigenvalue weighted by molar-refractivity contribution is 5.89. The van der Waals surface area contributed by atoms with E-state index in [0.717, 1.165) is 38.5 Å². The molecular formula is C48H90O8. The van der Waals surface area contributed by atoms with E-state index >= 15 is 0 Å². The first-order valence-electron chi connectivity index (χ1n) is 23.5. The van der Waals surface area contributed by atoms with E-state index in [1.807, 2.05) is 0 Å². The van der Waals surface area contributed by atoms with E-state index in [0.29, 0.717) is 12.8 Å². The van der Waals surface area contributed by atoms with E-state index in [-0.39, 0.29) is 12.8 Å². The number of unbranched alkanes of at least 4 members (excludes halogenated alkanes) is 28. The van der Waals surface area contributed by atoms with Crippen LogP contribution in [0.2, 0.25) is 0 Å². The summed E-state index contributed by atoms with van der Waals surface area (Å²) < 4.78 is 22.3. The quantitative estimate of drug-likeness (QED) is 0.0348. The van der Waals surface area contributed by atoms with Crippen molar-refractivity contribution in [2.75, 3.05) is 0 Å². The molecule has 0 amide bonds. The standard InChI is InChI=1S/C48H90O8/c1-9-11-13-15-17-19-21-23-25-27-29-31-33-35-37-39-41(49)53-43(45(51)55-47(3,4)5)44(46(52)56-48(6,7)8)54-42(50)40-38-36-34-32-30-28-26-24-22-20-18-16-14-12-10-2/h43-44H,9-40H2,1-8H3/t43-,44-/m1/s1. The maximum Gasteiger partial charge on any atom is 0.352 e. The Morgan fingerprint density at radius 3 is 0.732 bits per heavy atom. The Hall–Kier alpha value is -2.12. The van der Waals surface area contributed by atoms with Gasteiger partial charge in [0.2, 0.25) is 12.2 Å². The molecule has 0 saturated heterocycles. The highest BCUT2D eigenvalue weighted by Crippen LogP contribution is 2.21. The zero-order valence-electron chi connectivity index (χ0n) is 38.0. The summed E-state index contributed by atoms with van der Waals surface area (Å²) in [6.45, 7) is 14.6. The van der Waals surface area contributed by atoms with Gasteiger partial charge < -0.3 is 18.9 Å². The summed E-state index contributed by atoms with van der Waals surface area (Å²) in [5.74, 6) is -3.17. The van der Waals surface area contributed by atoms with E-state index in [4.69, 9.17) is 18.9 Å². The van der Waals surface area contributed by atoms with Crippen LogP contribution in [-0.4, -0.2) is 47.3 Å². The van der Waals surface area contributed by atoms with E-state index in [1.165, 1.54) is 141 Å². The second-order valence-corrected chi connectivity index (χ2v) is 18.3. The van der Waals surface area contributed by atoms with Gasteiger partial charge in [-0.1, -0.05) is 194 Å². The fourth-order valence-corrected chi connectivity index (χ4v) is 6.87. The molecule has 0 aliphatic rings. The van der Waals surface area contributed by atoms with Crippen molar-refractivity contribution in [2.45, 2.75) is 284 Å². The molecule has 0 heterocycles. The predicted molar refractivity (Wildman–Crippen MR) is 231 cm³/mol. The van der Waals surface area contributed by atoms with Gasteiger partial charge in [0.1, 0.15) is 11.2 Å². The Morgan fingerprint density at radius 2 is 0.536 bits per heavy atom. The molecule has 0 N–H and O–H groups in total. The van der Waals surface area contributed by atoms with Gasteiger partial charge in [-0.15, -0.1) is 0 Å². The summed E-state index contributed by atoms with van der Waals surface area (Å²) in [6, 6.07) is 0. The van der Waals surface area contributed by atoms with E-state index < -0.39 is 47.3 Å². The Balaban J connectivity index is 4.82. The molecular weight excluding hydrogens is 705 g/mol. The van der Waals surface area contributed by atoms with Crippen LogP contribution < -0.4 is 0 Å². The van der Waals surface area contributed by atoms with Gasteiger partial charge in [0, 0.05) is 12.8 Å². The summed E-state index contributed by atoms with van der Waals surface area (Å²) in [6.07, 6.45) is 33.0. The number of hydrogen-bond donors (Lipinski definition) is 0. The molecule has 0 unspecified atom stereocenters. The van der Waals surface area contributed by atoms with E-state index in [1.54, 1.807) is 41.5 Å². The molecule has 0 aromatic heterocycles. The number of hydrogen-bond acceptors (Lipinski definition) is 8. The molecule has 0 aliphatic carbocycles. The molecule has 8 nitrogen and oxygen atoms in total. The molecule has 0 bridgehead atoms. The molecule has 0 aromatic rings. The van der Waals surface area contributed by atoms with Crippen molar-refractivity contribution < 1.29 is 38.1 Å². The molecule has 2 atom stereocenters. The summed E-state index contributed by atoms with van der Waals surface area (Å²) in [5, 5.41) is 0. The van der Waals surface area contributed by atoms with Crippen LogP contribution in [0.15, 0.2) is 0 Å². The third-order valence-corrected chi connectivity index (χ3v) is 10.0. The second kappa shape index (κ2) is 34.9. The lowest BCUT2D eigenvalue weighted by atomic mass is 10.0. The number of carbonyl (C=O) groups is 4. The highest BCUT2D eigenvalue weighted by Gasteiger charge is 2.44. The maximum atomic E-state index is 13.4. The molecule has 0 rings (SSSR count). The zero-order valence-corrected chi connectivity index (χ0v) is 38.0. The smallest absolute Gasteiger partial charge is 0.352 e. The summed E-state index contributed by atoms with van der Waals surface area (Å²) in [4.78, 5) is 52.9. The van der Waals surface area contributed by atoms with Crippen molar-refractivity contribution in [2.24, 2.45) is 0 Å². The Kier molecular flexibility index (Phi) is 33.6. The zero-order chi connectivity index (χ0) is 41.9. The van der Waals surface area contributed by atoms with Crippen molar-refractivity contribution in [1.29, 1.82) is 0 Å². The Morgan fingerprint density at radius 1 is 0.339 bits per heavy atom. The third kappa shape index (κ3) is 35.1. The minimum Gasteiger partial charge on any atom is -0.457 e. The SMILES string of the molecule is CCCCCCCCCCCCCCCCCC(=O)O[C@@H](C(=O)OC(C)(C)C)[C@@H](OC(=O)CCCCCCCCCCCCCCCCC)C(=O)OC(C)(C)C. The van der Waals surface area contributed by atoms with Crippen LogP contribution in [0.3, 0.4) is 0 Å². The topological polar surface area (TPSA) is 105 Å². The van der Waals surface area contributed by atoms with Crippen LogP contribution in [0, 0.1) is 0 Å². The van der Waals surface area contributed by atoms with Gasteiger partial charge in [0.15, 0.2) is 0 Å². The average Bonchev–Trinajstić information content (AvgIpc) is 3.11. The maximum absolute atomic E-state index is 13.4. The molecule has 56 heavy (non-hydrogen) atoms. The summed E-state index contributed by atoms with van der Waals surface area (Å²) >= 11 is 0. The molecule has 330 valence electrons. The molecule has 8 heteroatoms. The highest BCUT2D eigenvalue weighted by atomic mass is 16.6. The van der Waals surface area contributed by atoms with Crippen LogP contribution >= 0.6 is 0 Å². The van der Waals surface area contributed by atoms with Gasteiger partial charge in [0.25, 0.3) is 0 Å². The van der Waals surface area contributed by atoms with Crippen LogP contribution in [0.25, 0.3) is 0 Å².